The van der Waals surface area contributed by atoms with Crippen molar-refractivity contribution in [1.29, 1.82) is 10.5 Å². The number of rotatable bonds is 3. The van der Waals surface area contributed by atoms with Gasteiger partial charge in [0.15, 0.2) is 5.75 Å². The molecule has 110 valence electrons. The summed E-state index contributed by atoms with van der Waals surface area (Å²) in [5, 5.41) is 17.5. The molecular formula is C14H6Cl2N2O3S. The molecule has 0 amide bonds. The Hall–Kier alpha value is -2.25. The SMILES string of the molecule is N#Cc1ccc(OS(=O)(=O)c2ccc(C#N)c(Cl)c2)c(Cl)c1. The Balaban J connectivity index is 2.38. The van der Waals surface area contributed by atoms with Gasteiger partial charge in [0.05, 0.1) is 27.2 Å². The van der Waals surface area contributed by atoms with Crippen molar-refractivity contribution < 1.29 is 12.6 Å². The van der Waals surface area contributed by atoms with Crippen molar-refractivity contribution in [2.24, 2.45) is 0 Å². The maximum atomic E-state index is 12.2. The fraction of sp³-hybridized carbons (Fsp3) is 0. The van der Waals surface area contributed by atoms with Crippen LogP contribution in [-0.4, -0.2) is 8.42 Å². The number of benzene rings is 2. The van der Waals surface area contributed by atoms with E-state index in [2.05, 4.69) is 0 Å². The predicted molar refractivity (Wildman–Crippen MR) is 80.1 cm³/mol. The molecule has 0 spiro atoms. The molecule has 8 heteroatoms. The predicted octanol–water partition coefficient (Wildman–Crippen LogP) is 3.50. The van der Waals surface area contributed by atoms with Gasteiger partial charge in [0.1, 0.15) is 11.0 Å². The molecule has 22 heavy (non-hydrogen) atoms. The van der Waals surface area contributed by atoms with Crippen LogP contribution in [0, 0.1) is 22.7 Å². The lowest BCUT2D eigenvalue weighted by Crippen LogP contribution is -2.10. The Kier molecular flexibility index (Phi) is 4.58. The molecule has 0 heterocycles. The highest BCUT2D eigenvalue weighted by Gasteiger charge is 2.19. The van der Waals surface area contributed by atoms with Crippen LogP contribution in [0.15, 0.2) is 41.3 Å². The molecule has 0 aliphatic rings. The van der Waals surface area contributed by atoms with Gasteiger partial charge in [-0.2, -0.15) is 18.9 Å². The number of nitrogens with zero attached hydrogens (tertiary/aromatic N) is 2. The lowest BCUT2D eigenvalue weighted by Gasteiger charge is -2.09. The first kappa shape index (κ1) is 16.1. The van der Waals surface area contributed by atoms with Crippen molar-refractivity contribution >= 4 is 33.3 Å². The van der Waals surface area contributed by atoms with Gasteiger partial charge in [-0.15, -0.1) is 0 Å². The largest absolute Gasteiger partial charge is 0.377 e. The van der Waals surface area contributed by atoms with E-state index < -0.39 is 10.1 Å². The van der Waals surface area contributed by atoms with Gasteiger partial charge in [0, 0.05) is 0 Å². The molecule has 0 atom stereocenters. The van der Waals surface area contributed by atoms with Gasteiger partial charge >= 0.3 is 10.1 Å². The van der Waals surface area contributed by atoms with Crippen LogP contribution in [0.25, 0.3) is 0 Å². The summed E-state index contributed by atoms with van der Waals surface area (Å²) in [7, 11) is -4.16. The molecule has 0 unspecified atom stereocenters. The molecule has 0 radical (unpaired) electrons. The standard InChI is InChI=1S/C14H6Cl2N2O3S/c15-12-6-11(3-2-10(12)8-18)22(19,20)21-14-4-1-9(7-17)5-13(14)16/h1-6H. The van der Waals surface area contributed by atoms with Crippen LogP contribution in [0.2, 0.25) is 10.0 Å². The Morgan fingerprint density at radius 2 is 1.68 bits per heavy atom. The fourth-order valence-corrected chi connectivity index (χ4v) is 3.07. The minimum absolute atomic E-state index is 0.00176. The highest BCUT2D eigenvalue weighted by atomic mass is 35.5. The van der Waals surface area contributed by atoms with Crippen molar-refractivity contribution in [1.82, 2.24) is 0 Å². The molecule has 0 aliphatic carbocycles. The zero-order valence-corrected chi connectivity index (χ0v) is 13.1. The van der Waals surface area contributed by atoms with Gasteiger partial charge in [-0.25, -0.2) is 0 Å². The quantitative estimate of drug-likeness (QED) is 0.788. The summed E-state index contributed by atoms with van der Waals surface area (Å²) in [6, 6.07) is 11.2. The highest BCUT2D eigenvalue weighted by molar-refractivity contribution is 7.87. The van der Waals surface area contributed by atoms with Crippen molar-refractivity contribution in [3.8, 4) is 17.9 Å². The monoisotopic (exact) mass is 352 g/mol. The van der Waals surface area contributed by atoms with Crippen molar-refractivity contribution in [2.45, 2.75) is 4.90 Å². The third-order valence-electron chi connectivity index (χ3n) is 2.61. The molecule has 0 bridgehead atoms. The number of nitriles is 2. The Bertz CT molecular complexity index is 928. The summed E-state index contributed by atoms with van der Waals surface area (Å²) in [5.74, 6) is -0.110. The van der Waals surface area contributed by atoms with Crippen LogP contribution in [-0.2, 0) is 10.1 Å². The van der Waals surface area contributed by atoms with E-state index in [-0.39, 0.29) is 31.8 Å². The first-order chi connectivity index (χ1) is 10.4. The lowest BCUT2D eigenvalue weighted by molar-refractivity contribution is 0.486. The van der Waals surface area contributed by atoms with Crippen LogP contribution >= 0.6 is 23.2 Å². The molecule has 2 aromatic rings. The molecule has 0 fully saturated rings. The van der Waals surface area contributed by atoms with E-state index in [1.54, 1.807) is 0 Å². The highest BCUT2D eigenvalue weighted by Crippen LogP contribution is 2.29. The van der Waals surface area contributed by atoms with Gasteiger partial charge in [-0.1, -0.05) is 23.2 Å². The van der Waals surface area contributed by atoms with Crippen LogP contribution in [0.4, 0.5) is 0 Å². The average molecular weight is 353 g/mol. The second-order valence-corrected chi connectivity index (χ2v) is 6.41. The zero-order chi connectivity index (χ0) is 16.3. The molecule has 0 N–H and O–H groups in total. The van der Waals surface area contributed by atoms with E-state index in [1.807, 2.05) is 12.1 Å². The van der Waals surface area contributed by atoms with Crippen molar-refractivity contribution in [3.05, 3.63) is 57.6 Å². The molecule has 2 aromatic carbocycles. The van der Waals surface area contributed by atoms with E-state index in [1.165, 1.54) is 30.3 Å². The summed E-state index contributed by atoms with van der Waals surface area (Å²) < 4.78 is 29.3. The minimum atomic E-state index is -4.16. The minimum Gasteiger partial charge on any atom is -0.377 e. The smallest absolute Gasteiger partial charge is 0.339 e. The molecule has 0 saturated heterocycles. The molecule has 5 nitrogen and oxygen atoms in total. The van der Waals surface area contributed by atoms with E-state index in [0.29, 0.717) is 0 Å². The second-order valence-electron chi connectivity index (χ2n) is 4.05. The third kappa shape index (κ3) is 3.32. The molecule has 0 aromatic heterocycles. The Labute approximate surface area is 137 Å². The number of hydrogen-bond acceptors (Lipinski definition) is 5. The van der Waals surface area contributed by atoms with Gasteiger partial charge < -0.3 is 4.18 Å². The van der Waals surface area contributed by atoms with Crippen molar-refractivity contribution in [3.63, 3.8) is 0 Å². The zero-order valence-electron chi connectivity index (χ0n) is 10.7. The van der Waals surface area contributed by atoms with Gasteiger partial charge in [0.2, 0.25) is 0 Å². The summed E-state index contributed by atoms with van der Waals surface area (Å²) >= 11 is 11.7. The van der Waals surface area contributed by atoms with E-state index in [4.69, 9.17) is 37.9 Å². The lowest BCUT2D eigenvalue weighted by atomic mass is 10.2. The van der Waals surface area contributed by atoms with Gasteiger partial charge in [-0.05, 0) is 36.4 Å². The van der Waals surface area contributed by atoms with Gasteiger partial charge in [0.25, 0.3) is 0 Å². The Morgan fingerprint density at radius 1 is 0.955 bits per heavy atom. The first-order valence-electron chi connectivity index (χ1n) is 5.71. The third-order valence-corrected chi connectivity index (χ3v) is 4.45. The van der Waals surface area contributed by atoms with E-state index in [0.717, 1.165) is 6.07 Å². The maximum Gasteiger partial charge on any atom is 0.339 e. The van der Waals surface area contributed by atoms with Crippen LogP contribution in [0.5, 0.6) is 5.75 Å². The summed E-state index contributed by atoms with van der Waals surface area (Å²) in [6.45, 7) is 0. The average Bonchev–Trinajstić information content (AvgIpc) is 2.49. The van der Waals surface area contributed by atoms with Crippen LogP contribution in [0.3, 0.4) is 0 Å². The van der Waals surface area contributed by atoms with Crippen molar-refractivity contribution in [2.75, 3.05) is 0 Å². The molecular weight excluding hydrogens is 347 g/mol. The summed E-state index contributed by atoms with van der Waals surface area (Å²) in [4.78, 5) is -0.211. The van der Waals surface area contributed by atoms with Crippen LogP contribution in [0.1, 0.15) is 11.1 Å². The Morgan fingerprint density at radius 3 is 2.23 bits per heavy atom. The molecule has 2 rings (SSSR count). The summed E-state index contributed by atoms with van der Waals surface area (Å²) in [5.41, 5.74) is 0.424. The maximum absolute atomic E-state index is 12.2. The first-order valence-corrected chi connectivity index (χ1v) is 7.87. The molecule has 0 saturated carbocycles. The fourth-order valence-electron chi connectivity index (χ4n) is 1.55. The normalized spacial score (nSPS) is 10.5. The van der Waals surface area contributed by atoms with E-state index >= 15 is 0 Å². The number of hydrogen-bond donors (Lipinski definition) is 0. The topological polar surface area (TPSA) is 90.9 Å². The van der Waals surface area contributed by atoms with Crippen LogP contribution < -0.4 is 4.18 Å². The number of halogens is 2. The van der Waals surface area contributed by atoms with Gasteiger partial charge in [-0.3, -0.25) is 0 Å². The second kappa shape index (κ2) is 6.25. The van der Waals surface area contributed by atoms with E-state index in [9.17, 15) is 8.42 Å². The summed E-state index contributed by atoms with van der Waals surface area (Å²) in [6.07, 6.45) is 0. The molecule has 0 aliphatic heterocycles.